The van der Waals surface area contributed by atoms with Gasteiger partial charge in [0.25, 0.3) is 0 Å². The zero-order valence-electron chi connectivity index (χ0n) is 19.1. The van der Waals surface area contributed by atoms with Crippen LogP contribution in [0, 0.1) is 40.0 Å². The van der Waals surface area contributed by atoms with E-state index in [2.05, 4.69) is 112 Å². The predicted octanol–water partition coefficient (Wildman–Crippen LogP) is 6.90. The summed E-state index contributed by atoms with van der Waals surface area (Å²) in [6.45, 7) is 8.83. The molecule has 7 rings (SSSR count). The average molecular weight is 411 g/mol. The molecule has 0 radical (unpaired) electrons. The summed E-state index contributed by atoms with van der Waals surface area (Å²) < 4.78 is 0. The summed E-state index contributed by atoms with van der Waals surface area (Å²) in [4.78, 5) is 0. The molecule has 0 heterocycles. The van der Waals surface area contributed by atoms with E-state index in [0.717, 1.165) is 0 Å². The minimum Gasteiger partial charge on any atom is -0.118 e. The van der Waals surface area contributed by atoms with E-state index in [9.17, 15) is 0 Å². The van der Waals surface area contributed by atoms with Gasteiger partial charge >= 0.3 is 0 Å². The number of terminal acetylenes is 1. The van der Waals surface area contributed by atoms with Crippen molar-refractivity contribution in [2.75, 3.05) is 0 Å². The molecular weight excluding hydrogens is 384 g/mol. The molecule has 4 aromatic carbocycles. The Morgan fingerprint density at radius 3 is 1.47 bits per heavy atom. The Kier molecular flexibility index (Phi) is 3.73. The second-order valence-corrected chi connectivity index (χ2v) is 9.52. The summed E-state index contributed by atoms with van der Waals surface area (Å²) in [6.07, 6.45) is 6.53. The van der Waals surface area contributed by atoms with Crippen LogP contribution in [0.5, 0.6) is 0 Å². The molecule has 0 unspecified atom stereocenters. The lowest BCUT2D eigenvalue weighted by atomic mass is 9.45. The monoisotopic (exact) mass is 410 g/mol. The topological polar surface area (TPSA) is 0 Å². The van der Waals surface area contributed by atoms with Crippen molar-refractivity contribution in [3.63, 3.8) is 0 Å². The molecule has 0 amide bonds. The molecule has 0 atom stereocenters. The van der Waals surface area contributed by atoms with Gasteiger partial charge in [0.05, 0.1) is 5.41 Å². The van der Waals surface area contributed by atoms with E-state index in [1.165, 1.54) is 61.2 Å². The van der Waals surface area contributed by atoms with Crippen LogP contribution in [0.15, 0.2) is 78.9 Å². The van der Waals surface area contributed by atoms with Gasteiger partial charge in [-0.05, 0) is 88.9 Å². The van der Waals surface area contributed by atoms with Crippen LogP contribution in [0.1, 0.15) is 61.2 Å². The van der Waals surface area contributed by atoms with Crippen LogP contribution in [0.3, 0.4) is 0 Å². The zero-order chi connectivity index (χ0) is 22.3. The lowest BCUT2D eigenvalue weighted by Gasteiger charge is -2.55. The highest BCUT2D eigenvalue weighted by Gasteiger charge is 2.59. The first-order chi connectivity index (χ1) is 15.5. The van der Waals surface area contributed by atoms with Gasteiger partial charge in [-0.2, -0.15) is 0 Å². The number of hydrogen-bond acceptors (Lipinski definition) is 0. The van der Waals surface area contributed by atoms with Gasteiger partial charge in [-0.3, -0.25) is 0 Å². The van der Waals surface area contributed by atoms with Gasteiger partial charge in [0.15, 0.2) is 0 Å². The van der Waals surface area contributed by atoms with E-state index in [-0.39, 0.29) is 5.41 Å². The van der Waals surface area contributed by atoms with E-state index >= 15 is 0 Å². The molecule has 0 spiro atoms. The quantitative estimate of drug-likeness (QED) is 0.300. The molecule has 0 fully saturated rings. The third-order valence-electron chi connectivity index (χ3n) is 8.04. The largest absolute Gasteiger partial charge is 0.118 e. The van der Waals surface area contributed by atoms with Gasteiger partial charge < -0.3 is 0 Å². The van der Waals surface area contributed by atoms with Crippen molar-refractivity contribution < 1.29 is 0 Å². The summed E-state index contributed by atoms with van der Waals surface area (Å²) in [5, 5.41) is 0. The molecule has 0 saturated carbocycles. The van der Waals surface area contributed by atoms with E-state index < -0.39 is 5.41 Å². The Balaban J connectivity index is 1.94. The van der Waals surface area contributed by atoms with Crippen LogP contribution in [0.4, 0.5) is 0 Å². The van der Waals surface area contributed by atoms with Crippen molar-refractivity contribution in [2.45, 2.75) is 38.5 Å². The SMILES string of the molecule is C#CC12c3ccccc3C(c3ccccc3)(c3cc(C)c(C)cc31)c1cc(C)c(C)cc12. The highest BCUT2D eigenvalue weighted by atomic mass is 14.6. The van der Waals surface area contributed by atoms with Crippen LogP contribution in [-0.4, -0.2) is 0 Å². The van der Waals surface area contributed by atoms with E-state index in [4.69, 9.17) is 6.42 Å². The normalized spacial score (nSPS) is 22.0. The Morgan fingerprint density at radius 2 is 0.969 bits per heavy atom. The van der Waals surface area contributed by atoms with Crippen molar-refractivity contribution in [1.82, 2.24) is 0 Å². The van der Waals surface area contributed by atoms with Crippen molar-refractivity contribution in [3.05, 3.63) is 140 Å². The van der Waals surface area contributed by atoms with E-state index in [1.54, 1.807) is 0 Å². The molecule has 32 heavy (non-hydrogen) atoms. The molecule has 0 aliphatic heterocycles. The van der Waals surface area contributed by atoms with Crippen molar-refractivity contribution >= 4 is 0 Å². The molecular formula is C32H26. The molecule has 3 aliphatic rings. The lowest BCUT2D eigenvalue weighted by molar-refractivity contribution is 0.577. The Labute approximate surface area is 191 Å². The van der Waals surface area contributed by atoms with E-state index in [1.807, 2.05) is 0 Å². The van der Waals surface area contributed by atoms with Crippen LogP contribution in [0.2, 0.25) is 0 Å². The Morgan fingerprint density at radius 1 is 0.531 bits per heavy atom. The number of rotatable bonds is 1. The van der Waals surface area contributed by atoms with Gasteiger partial charge in [-0.1, -0.05) is 84.8 Å². The summed E-state index contributed by atoms with van der Waals surface area (Å²) in [5.41, 5.74) is 13.3. The standard InChI is InChI=1S/C32H26/c1-6-31-25-14-10-11-15-26(25)32(24-12-8-7-9-13-24,29-18-22(4)20(2)16-27(29)31)30-19-23(5)21(3)17-28(30)31/h1,7-19H,2-5H3. The van der Waals surface area contributed by atoms with Crippen molar-refractivity contribution in [1.29, 1.82) is 0 Å². The molecule has 3 aliphatic carbocycles. The van der Waals surface area contributed by atoms with Crippen LogP contribution >= 0.6 is 0 Å². The number of aryl methyl sites for hydroxylation is 4. The average Bonchev–Trinajstić information content (AvgIpc) is 2.81. The van der Waals surface area contributed by atoms with Crippen molar-refractivity contribution in [3.8, 4) is 12.3 Å². The highest BCUT2D eigenvalue weighted by Crippen LogP contribution is 2.64. The van der Waals surface area contributed by atoms with Crippen LogP contribution in [-0.2, 0) is 10.8 Å². The summed E-state index contributed by atoms with van der Waals surface area (Å²) >= 11 is 0. The first-order valence-electron chi connectivity index (χ1n) is 11.3. The molecule has 154 valence electrons. The molecule has 2 bridgehead atoms. The second kappa shape index (κ2) is 6.24. The zero-order valence-corrected chi connectivity index (χ0v) is 19.1. The fourth-order valence-electron chi connectivity index (χ4n) is 6.27. The molecule has 0 heteroatoms. The van der Waals surface area contributed by atoms with Gasteiger partial charge in [0, 0.05) is 0 Å². The maximum Gasteiger partial charge on any atom is 0.107 e. The highest BCUT2D eigenvalue weighted by molar-refractivity contribution is 5.82. The first kappa shape index (κ1) is 19.1. The smallest absolute Gasteiger partial charge is 0.107 e. The number of benzene rings is 4. The summed E-state index contributed by atoms with van der Waals surface area (Å²) in [7, 11) is 0. The summed E-state index contributed by atoms with van der Waals surface area (Å²) in [5.74, 6) is 3.34. The minimum absolute atomic E-state index is 0.377. The predicted molar refractivity (Wildman–Crippen MR) is 132 cm³/mol. The van der Waals surface area contributed by atoms with Crippen molar-refractivity contribution in [2.24, 2.45) is 0 Å². The maximum absolute atomic E-state index is 6.53. The van der Waals surface area contributed by atoms with Gasteiger partial charge in [-0.25, -0.2) is 0 Å². The van der Waals surface area contributed by atoms with E-state index in [0.29, 0.717) is 0 Å². The van der Waals surface area contributed by atoms with Gasteiger partial charge in [0.2, 0.25) is 0 Å². The third kappa shape index (κ3) is 2.00. The Hall–Kier alpha value is -3.56. The fraction of sp³-hybridized carbons (Fsp3) is 0.188. The van der Waals surface area contributed by atoms with Crippen LogP contribution < -0.4 is 0 Å². The summed E-state index contributed by atoms with van der Waals surface area (Å²) in [6, 6.07) is 29.3. The first-order valence-corrected chi connectivity index (χ1v) is 11.3. The number of hydrogen-bond donors (Lipinski definition) is 0. The third-order valence-corrected chi connectivity index (χ3v) is 8.04. The second-order valence-electron chi connectivity index (χ2n) is 9.52. The molecule has 0 nitrogen and oxygen atoms in total. The van der Waals surface area contributed by atoms with Gasteiger partial charge in [0.1, 0.15) is 5.41 Å². The fourth-order valence-corrected chi connectivity index (χ4v) is 6.27. The molecule has 0 N–H and O–H groups in total. The van der Waals surface area contributed by atoms with Crippen LogP contribution in [0.25, 0.3) is 0 Å². The molecule has 0 aromatic heterocycles. The molecule has 0 saturated heterocycles. The molecule has 4 aromatic rings. The maximum atomic E-state index is 6.53. The van der Waals surface area contributed by atoms with Gasteiger partial charge in [-0.15, -0.1) is 6.42 Å². The Bertz CT molecular complexity index is 1400. The lowest BCUT2D eigenvalue weighted by Crippen LogP contribution is -2.51. The minimum atomic E-state index is -0.575.